The molecule has 0 fully saturated rings. The van der Waals surface area contributed by atoms with Crippen LogP contribution in [-0.2, 0) is 26.6 Å². The number of hydrogen-bond acceptors (Lipinski definition) is 6. The summed E-state index contributed by atoms with van der Waals surface area (Å²) in [5, 5.41) is 2.67. The van der Waals surface area contributed by atoms with Gasteiger partial charge in [-0.2, -0.15) is 4.31 Å². The first-order chi connectivity index (χ1) is 15.7. The number of nitrogens with one attached hydrogen (secondary N) is 2. The van der Waals surface area contributed by atoms with Crippen LogP contribution in [0.25, 0.3) is 0 Å². The molecule has 0 spiro atoms. The molecule has 33 heavy (non-hydrogen) atoms. The van der Waals surface area contributed by atoms with E-state index < -0.39 is 26.0 Å². The maximum absolute atomic E-state index is 12.6. The van der Waals surface area contributed by atoms with Crippen LogP contribution in [0.5, 0.6) is 0 Å². The second-order valence-corrected chi connectivity index (χ2v) is 10.7. The highest BCUT2D eigenvalue weighted by molar-refractivity contribution is 7.89. The minimum Gasteiger partial charge on any atom is -0.468 e. The van der Waals surface area contributed by atoms with Gasteiger partial charge in [-0.3, -0.25) is 4.79 Å². The number of amides is 1. The SMILES string of the molecule is CCN(CC)S(=O)(=O)c1ccc(NC(=O)c2ccc(S(=O)(=O)NCc3ccco3)cc2)cc1. The monoisotopic (exact) mass is 491 g/mol. The van der Waals surface area contributed by atoms with Crippen molar-refractivity contribution in [2.24, 2.45) is 0 Å². The Bertz CT molecular complexity index is 1280. The van der Waals surface area contributed by atoms with Gasteiger partial charge in [0, 0.05) is 24.3 Å². The van der Waals surface area contributed by atoms with Crippen LogP contribution in [-0.4, -0.2) is 40.1 Å². The number of carbonyl (C=O) groups excluding carboxylic acids is 1. The number of nitrogens with zero attached hydrogens (tertiary/aromatic N) is 1. The van der Waals surface area contributed by atoms with E-state index in [9.17, 15) is 21.6 Å². The van der Waals surface area contributed by atoms with Crippen LogP contribution in [0.3, 0.4) is 0 Å². The summed E-state index contributed by atoms with van der Waals surface area (Å²) >= 11 is 0. The van der Waals surface area contributed by atoms with Crippen molar-refractivity contribution in [2.45, 2.75) is 30.2 Å². The molecule has 0 saturated heterocycles. The Morgan fingerprint density at radius 1 is 0.879 bits per heavy atom. The van der Waals surface area contributed by atoms with Gasteiger partial charge >= 0.3 is 0 Å². The van der Waals surface area contributed by atoms with Crippen LogP contribution in [0.15, 0.2) is 81.1 Å². The smallest absolute Gasteiger partial charge is 0.255 e. The third-order valence-electron chi connectivity index (χ3n) is 4.90. The molecular formula is C22H25N3O6S2. The summed E-state index contributed by atoms with van der Waals surface area (Å²) in [6, 6.07) is 14.7. The van der Waals surface area contributed by atoms with E-state index >= 15 is 0 Å². The van der Waals surface area contributed by atoms with Gasteiger partial charge in [0.2, 0.25) is 20.0 Å². The molecule has 1 amide bonds. The lowest BCUT2D eigenvalue weighted by atomic mass is 10.2. The van der Waals surface area contributed by atoms with E-state index in [0.717, 1.165) is 0 Å². The highest BCUT2D eigenvalue weighted by Crippen LogP contribution is 2.19. The van der Waals surface area contributed by atoms with E-state index in [1.165, 1.54) is 59.1 Å². The molecule has 0 aliphatic carbocycles. The number of hydrogen-bond donors (Lipinski definition) is 2. The van der Waals surface area contributed by atoms with Crippen LogP contribution >= 0.6 is 0 Å². The van der Waals surface area contributed by atoms with Crippen molar-refractivity contribution >= 4 is 31.6 Å². The topological polar surface area (TPSA) is 126 Å². The number of rotatable bonds is 10. The summed E-state index contributed by atoms with van der Waals surface area (Å²) in [5.41, 5.74) is 0.662. The Hall–Kier alpha value is -2.99. The number of benzene rings is 2. The fourth-order valence-electron chi connectivity index (χ4n) is 3.07. The molecule has 0 radical (unpaired) electrons. The second-order valence-electron chi connectivity index (χ2n) is 7.00. The van der Waals surface area contributed by atoms with E-state index in [2.05, 4.69) is 10.0 Å². The molecule has 9 nitrogen and oxygen atoms in total. The van der Waals surface area contributed by atoms with Crippen molar-refractivity contribution in [3.8, 4) is 0 Å². The lowest BCUT2D eigenvalue weighted by Gasteiger charge is -2.18. The third kappa shape index (κ3) is 5.88. The summed E-state index contributed by atoms with van der Waals surface area (Å²) in [7, 11) is -7.36. The molecule has 2 N–H and O–H groups in total. The van der Waals surface area contributed by atoms with Gasteiger partial charge in [0.1, 0.15) is 5.76 Å². The van der Waals surface area contributed by atoms with Crippen LogP contribution in [0.1, 0.15) is 30.0 Å². The molecule has 0 saturated carbocycles. The Morgan fingerprint density at radius 3 is 2.03 bits per heavy atom. The number of carbonyl (C=O) groups is 1. The van der Waals surface area contributed by atoms with E-state index in [4.69, 9.17) is 4.42 Å². The summed E-state index contributed by atoms with van der Waals surface area (Å²) in [5.74, 6) is 0.0207. The Labute approximate surface area is 193 Å². The van der Waals surface area contributed by atoms with Crippen molar-refractivity contribution in [1.82, 2.24) is 9.03 Å². The van der Waals surface area contributed by atoms with Crippen LogP contribution in [0, 0.1) is 0 Å². The first kappa shape index (κ1) is 24.6. The lowest BCUT2D eigenvalue weighted by Crippen LogP contribution is -2.30. The second kappa shape index (κ2) is 10.3. The molecule has 0 unspecified atom stereocenters. The molecule has 0 aliphatic heterocycles. The molecule has 3 rings (SSSR count). The average molecular weight is 492 g/mol. The number of sulfonamides is 2. The van der Waals surface area contributed by atoms with Crippen LogP contribution in [0.4, 0.5) is 5.69 Å². The summed E-state index contributed by atoms with van der Waals surface area (Å²) < 4.78 is 58.8. The van der Waals surface area contributed by atoms with Gasteiger partial charge in [-0.1, -0.05) is 13.8 Å². The standard InChI is InChI=1S/C22H25N3O6S2/c1-3-25(4-2)33(29,30)21-13-9-18(10-14-21)24-22(26)17-7-11-20(12-8-17)32(27,28)23-16-19-6-5-15-31-19/h5-15,23H,3-4,16H2,1-2H3,(H,24,26). The highest BCUT2D eigenvalue weighted by atomic mass is 32.2. The molecule has 0 aliphatic rings. The van der Waals surface area contributed by atoms with Gasteiger partial charge in [-0.25, -0.2) is 21.6 Å². The van der Waals surface area contributed by atoms with Gasteiger partial charge in [0.25, 0.3) is 5.91 Å². The van der Waals surface area contributed by atoms with Crippen molar-refractivity contribution in [3.63, 3.8) is 0 Å². The van der Waals surface area contributed by atoms with Gasteiger partial charge in [0.05, 0.1) is 22.6 Å². The van der Waals surface area contributed by atoms with Gasteiger partial charge in [-0.15, -0.1) is 0 Å². The molecule has 3 aromatic rings. The van der Waals surface area contributed by atoms with Crippen LogP contribution < -0.4 is 10.0 Å². The molecule has 1 aromatic heterocycles. The van der Waals surface area contributed by atoms with Crippen molar-refractivity contribution in [1.29, 1.82) is 0 Å². The fourth-order valence-corrected chi connectivity index (χ4v) is 5.53. The minimum atomic E-state index is -3.77. The normalized spacial score (nSPS) is 12.1. The highest BCUT2D eigenvalue weighted by Gasteiger charge is 2.21. The Morgan fingerprint density at radius 2 is 1.48 bits per heavy atom. The van der Waals surface area contributed by atoms with Crippen molar-refractivity contribution in [2.75, 3.05) is 18.4 Å². The summed E-state index contributed by atoms with van der Waals surface area (Å²) in [4.78, 5) is 12.7. The summed E-state index contributed by atoms with van der Waals surface area (Å²) in [6.45, 7) is 4.27. The molecule has 11 heteroatoms. The third-order valence-corrected chi connectivity index (χ3v) is 8.38. The maximum atomic E-state index is 12.6. The van der Waals surface area contributed by atoms with E-state index in [1.807, 2.05) is 0 Å². The molecule has 0 bridgehead atoms. The minimum absolute atomic E-state index is 0.0107. The molecule has 0 atom stereocenters. The lowest BCUT2D eigenvalue weighted by molar-refractivity contribution is 0.102. The quantitative estimate of drug-likeness (QED) is 0.449. The molecule has 176 valence electrons. The number of furan rings is 1. The zero-order valence-corrected chi connectivity index (χ0v) is 19.8. The molecule has 2 aromatic carbocycles. The zero-order valence-electron chi connectivity index (χ0n) is 18.2. The van der Waals surface area contributed by atoms with E-state index in [0.29, 0.717) is 24.5 Å². The van der Waals surface area contributed by atoms with Gasteiger partial charge in [0.15, 0.2) is 0 Å². The fraction of sp³-hybridized carbons (Fsp3) is 0.227. The molecule has 1 heterocycles. The van der Waals surface area contributed by atoms with E-state index in [1.54, 1.807) is 26.0 Å². The van der Waals surface area contributed by atoms with Crippen LogP contribution in [0.2, 0.25) is 0 Å². The first-order valence-electron chi connectivity index (χ1n) is 10.2. The zero-order chi connectivity index (χ0) is 24.1. The predicted molar refractivity (Wildman–Crippen MR) is 124 cm³/mol. The predicted octanol–water partition coefficient (Wildman–Crippen LogP) is 3.04. The Kier molecular flexibility index (Phi) is 7.69. The molecular weight excluding hydrogens is 466 g/mol. The first-order valence-corrected chi connectivity index (χ1v) is 13.1. The Balaban J connectivity index is 1.66. The maximum Gasteiger partial charge on any atom is 0.255 e. The summed E-state index contributed by atoms with van der Waals surface area (Å²) in [6.07, 6.45) is 1.45. The van der Waals surface area contributed by atoms with Gasteiger partial charge < -0.3 is 9.73 Å². The average Bonchev–Trinajstić information content (AvgIpc) is 3.33. The van der Waals surface area contributed by atoms with Gasteiger partial charge in [-0.05, 0) is 60.7 Å². The number of anilines is 1. The van der Waals surface area contributed by atoms with Crippen molar-refractivity contribution < 1.29 is 26.0 Å². The van der Waals surface area contributed by atoms with E-state index in [-0.39, 0.29) is 21.9 Å². The largest absolute Gasteiger partial charge is 0.468 e. The van der Waals surface area contributed by atoms with Crippen molar-refractivity contribution in [3.05, 3.63) is 78.3 Å².